The summed E-state index contributed by atoms with van der Waals surface area (Å²) >= 11 is 5.92. The van der Waals surface area contributed by atoms with Crippen LogP contribution in [0.5, 0.6) is 5.75 Å². The van der Waals surface area contributed by atoms with Crippen molar-refractivity contribution in [2.75, 3.05) is 10.6 Å². The topological polar surface area (TPSA) is 85.2 Å². The Labute approximate surface area is 170 Å². The lowest BCUT2D eigenvalue weighted by molar-refractivity contribution is -0.143. The van der Waals surface area contributed by atoms with Crippen LogP contribution in [0.3, 0.4) is 0 Å². The van der Waals surface area contributed by atoms with Gasteiger partial charge < -0.3 is 15.4 Å². The van der Waals surface area contributed by atoms with Gasteiger partial charge in [0, 0.05) is 22.8 Å². The van der Waals surface area contributed by atoms with Crippen molar-refractivity contribution in [1.82, 2.24) is 9.78 Å². The van der Waals surface area contributed by atoms with Crippen molar-refractivity contribution in [3.8, 4) is 5.75 Å². The molecule has 1 aliphatic rings. The molecule has 0 aliphatic carbocycles. The van der Waals surface area contributed by atoms with E-state index in [0.29, 0.717) is 22.0 Å². The lowest BCUT2D eigenvalue weighted by Crippen LogP contribution is -2.56. The number of amides is 2. The Morgan fingerprint density at radius 1 is 1.31 bits per heavy atom. The number of hydrogen-bond donors (Lipinski definition) is 2. The predicted octanol–water partition coefficient (Wildman–Crippen LogP) is 3.45. The first-order valence-corrected chi connectivity index (χ1v) is 9.11. The second-order valence-electron chi connectivity index (χ2n) is 6.67. The SMILES string of the molecule is CC1(C(=O)Nc2ccn(Cc3ccccc3F)n2)Oc2ccc(Cl)cc2NC1=O. The zero-order chi connectivity index (χ0) is 20.6. The Bertz CT molecular complexity index is 1120. The maximum Gasteiger partial charge on any atom is 0.279 e. The van der Waals surface area contributed by atoms with Crippen LogP contribution in [0.2, 0.25) is 5.02 Å². The summed E-state index contributed by atoms with van der Waals surface area (Å²) < 4.78 is 20.9. The van der Waals surface area contributed by atoms with Gasteiger partial charge >= 0.3 is 0 Å². The molecular weight excluding hydrogens is 399 g/mol. The molecule has 0 saturated carbocycles. The predicted molar refractivity (Wildman–Crippen MR) is 105 cm³/mol. The number of benzene rings is 2. The van der Waals surface area contributed by atoms with E-state index in [1.807, 2.05) is 0 Å². The van der Waals surface area contributed by atoms with E-state index in [0.717, 1.165) is 0 Å². The average Bonchev–Trinajstić information content (AvgIpc) is 3.12. The number of halogens is 2. The van der Waals surface area contributed by atoms with Crippen LogP contribution in [0.25, 0.3) is 0 Å². The van der Waals surface area contributed by atoms with Gasteiger partial charge in [0.1, 0.15) is 11.6 Å². The number of hydrogen-bond acceptors (Lipinski definition) is 4. The Hall–Kier alpha value is -3.39. The quantitative estimate of drug-likeness (QED) is 0.640. The highest BCUT2D eigenvalue weighted by Crippen LogP contribution is 2.36. The van der Waals surface area contributed by atoms with E-state index >= 15 is 0 Å². The molecule has 3 aromatic rings. The molecule has 2 N–H and O–H groups in total. The average molecular weight is 415 g/mol. The van der Waals surface area contributed by atoms with Crippen molar-refractivity contribution in [2.45, 2.75) is 19.1 Å². The summed E-state index contributed by atoms with van der Waals surface area (Å²) in [7, 11) is 0. The van der Waals surface area contributed by atoms with Gasteiger partial charge in [0.05, 0.1) is 12.2 Å². The first kappa shape index (κ1) is 18.9. The third kappa shape index (κ3) is 3.66. The smallest absolute Gasteiger partial charge is 0.279 e. The normalized spacial score (nSPS) is 17.8. The van der Waals surface area contributed by atoms with Crippen molar-refractivity contribution < 1.29 is 18.7 Å². The Morgan fingerprint density at radius 3 is 2.90 bits per heavy atom. The Kier molecular flexibility index (Phi) is 4.71. The molecule has 7 nitrogen and oxygen atoms in total. The summed E-state index contributed by atoms with van der Waals surface area (Å²) in [6.45, 7) is 1.57. The van der Waals surface area contributed by atoms with Crippen LogP contribution in [0.15, 0.2) is 54.7 Å². The molecule has 1 atom stereocenters. The van der Waals surface area contributed by atoms with Gasteiger partial charge in [-0.2, -0.15) is 5.10 Å². The zero-order valence-electron chi connectivity index (χ0n) is 15.3. The number of fused-ring (bicyclic) bond motifs is 1. The maximum absolute atomic E-state index is 13.8. The van der Waals surface area contributed by atoms with Crippen molar-refractivity contribution in [3.63, 3.8) is 0 Å². The fourth-order valence-electron chi connectivity index (χ4n) is 2.90. The van der Waals surface area contributed by atoms with E-state index < -0.39 is 17.4 Å². The molecule has 0 radical (unpaired) electrons. The van der Waals surface area contributed by atoms with Gasteiger partial charge in [-0.25, -0.2) is 4.39 Å². The molecule has 0 fully saturated rings. The first-order chi connectivity index (χ1) is 13.8. The number of carbonyl (C=O) groups excluding carboxylic acids is 2. The van der Waals surface area contributed by atoms with Crippen molar-refractivity contribution in [3.05, 3.63) is 71.1 Å². The van der Waals surface area contributed by atoms with Gasteiger partial charge in [0.25, 0.3) is 17.4 Å². The van der Waals surface area contributed by atoms with Gasteiger partial charge in [-0.05, 0) is 31.2 Å². The lowest BCUT2D eigenvalue weighted by atomic mass is 10.0. The summed E-state index contributed by atoms with van der Waals surface area (Å²) in [6, 6.07) is 12.6. The molecule has 148 valence electrons. The fourth-order valence-corrected chi connectivity index (χ4v) is 3.07. The summed E-state index contributed by atoms with van der Waals surface area (Å²) in [6.07, 6.45) is 1.60. The molecule has 2 aromatic carbocycles. The standard InChI is InChI=1S/C20H16ClFN4O3/c1-20(18(27)23-15-10-13(21)6-7-16(15)29-20)19(28)24-17-8-9-26(25-17)11-12-4-2-3-5-14(12)22/h2-10H,11H2,1H3,(H,23,27)(H,24,25,28). The number of rotatable bonds is 4. The highest BCUT2D eigenvalue weighted by Gasteiger charge is 2.47. The minimum Gasteiger partial charge on any atom is -0.466 e. The van der Waals surface area contributed by atoms with Crippen LogP contribution in [-0.2, 0) is 16.1 Å². The fraction of sp³-hybridized carbons (Fsp3) is 0.150. The molecule has 2 heterocycles. The van der Waals surface area contributed by atoms with Gasteiger partial charge in [-0.1, -0.05) is 29.8 Å². The van der Waals surface area contributed by atoms with Crippen LogP contribution in [0, 0.1) is 5.82 Å². The molecule has 1 unspecified atom stereocenters. The van der Waals surface area contributed by atoms with Crippen LogP contribution in [0.1, 0.15) is 12.5 Å². The van der Waals surface area contributed by atoms with E-state index in [1.54, 1.807) is 42.6 Å². The van der Waals surface area contributed by atoms with Crippen LogP contribution in [-0.4, -0.2) is 27.2 Å². The van der Waals surface area contributed by atoms with Crippen molar-refractivity contribution in [1.29, 1.82) is 0 Å². The van der Waals surface area contributed by atoms with E-state index in [4.69, 9.17) is 16.3 Å². The van der Waals surface area contributed by atoms with Crippen molar-refractivity contribution in [2.24, 2.45) is 0 Å². The number of aromatic nitrogens is 2. The Morgan fingerprint density at radius 2 is 2.10 bits per heavy atom. The molecule has 29 heavy (non-hydrogen) atoms. The number of nitrogens with zero attached hydrogens (tertiary/aromatic N) is 2. The van der Waals surface area contributed by atoms with Gasteiger partial charge in [-0.15, -0.1) is 0 Å². The van der Waals surface area contributed by atoms with Crippen LogP contribution in [0.4, 0.5) is 15.9 Å². The molecule has 1 aliphatic heterocycles. The molecule has 0 spiro atoms. The van der Waals surface area contributed by atoms with Gasteiger partial charge in [0.2, 0.25) is 0 Å². The molecule has 0 bridgehead atoms. The van der Waals surface area contributed by atoms with Crippen LogP contribution >= 0.6 is 11.6 Å². The largest absolute Gasteiger partial charge is 0.466 e. The monoisotopic (exact) mass is 414 g/mol. The minimum atomic E-state index is -1.80. The molecular formula is C20H16ClFN4O3. The maximum atomic E-state index is 13.8. The third-order valence-electron chi connectivity index (χ3n) is 4.54. The minimum absolute atomic E-state index is 0.199. The van der Waals surface area contributed by atoms with E-state index in [1.165, 1.54) is 23.7 Å². The lowest BCUT2D eigenvalue weighted by Gasteiger charge is -2.33. The third-order valence-corrected chi connectivity index (χ3v) is 4.78. The second kappa shape index (κ2) is 7.21. The Balaban J connectivity index is 1.49. The second-order valence-corrected chi connectivity index (χ2v) is 7.11. The number of carbonyl (C=O) groups is 2. The summed E-state index contributed by atoms with van der Waals surface area (Å²) in [5.41, 5.74) is -0.941. The molecule has 9 heteroatoms. The van der Waals surface area contributed by atoms with E-state index in [9.17, 15) is 14.0 Å². The molecule has 0 saturated heterocycles. The zero-order valence-corrected chi connectivity index (χ0v) is 16.0. The van der Waals surface area contributed by atoms with Gasteiger partial charge in [0.15, 0.2) is 5.82 Å². The molecule has 4 rings (SSSR count). The summed E-state index contributed by atoms with van der Waals surface area (Å²) in [5.74, 6) is -1.11. The highest BCUT2D eigenvalue weighted by atomic mass is 35.5. The molecule has 2 amide bonds. The summed E-state index contributed by atoms with van der Waals surface area (Å²) in [4.78, 5) is 25.3. The number of nitrogens with one attached hydrogen (secondary N) is 2. The number of ether oxygens (including phenoxy) is 1. The number of anilines is 2. The first-order valence-electron chi connectivity index (χ1n) is 8.73. The summed E-state index contributed by atoms with van der Waals surface area (Å²) in [5, 5.41) is 9.83. The van der Waals surface area contributed by atoms with E-state index in [-0.39, 0.29) is 18.2 Å². The van der Waals surface area contributed by atoms with Crippen molar-refractivity contribution >= 4 is 34.9 Å². The van der Waals surface area contributed by atoms with E-state index in [2.05, 4.69) is 15.7 Å². The van der Waals surface area contributed by atoms with Crippen LogP contribution < -0.4 is 15.4 Å². The molecule has 1 aromatic heterocycles. The highest BCUT2D eigenvalue weighted by molar-refractivity contribution is 6.31. The van der Waals surface area contributed by atoms with Gasteiger partial charge in [-0.3, -0.25) is 14.3 Å².